The molecule has 2 atom stereocenters. The molecule has 1 unspecified atom stereocenters. The molecule has 1 aliphatic rings. The number of carbonyl (C=O) groups excluding carboxylic acids is 2. The van der Waals surface area contributed by atoms with Crippen LogP contribution in [-0.4, -0.2) is 35.5 Å². The topological polar surface area (TPSA) is 84.2 Å². The van der Waals surface area contributed by atoms with E-state index in [0.717, 1.165) is 5.88 Å². The van der Waals surface area contributed by atoms with Crippen molar-refractivity contribution in [2.24, 2.45) is 11.7 Å². The minimum Gasteiger partial charge on any atom is -0.320 e. The van der Waals surface area contributed by atoms with Crippen molar-refractivity contribution in [1.29, 1.82) is 0 Å². The average Bonchev–Trinajstić information content (AvgIpc) is 2.68. The summed E-state index contributed by atoms with van der Waals surface area (Å²) < 4.78 is 0. The van der Waals surface area contributed by atoms with Gasteiger partial charge in [0, 0.05) is 11.6 Å². The van der Waals surface area contributed by atoms with Gasteiger partial charge in [-0.15, -0.1) is 11.8 Å². The van der Waals surface area contributed by atoms with Gasteiger partial charge in [0.2, 0.25) is 11.8 Å². The lowest BCUT2D eigenvalue weighted by Crippen LogP contribution is -2.50. The molecule has 1 heterocycles. The van der Waals surface area contributed by atoms with Crippen LogP contribution in [0.5, 0.6) is 0 Å². The molecule has 1 rings (SSSR count). The van der Waals surface area contributed by atoms with Gasteiger partial charge in [-0.25, -0.2) is 0 Å². The number of thioether (sulfide) groups is 1. The molecule has 0 aromatic carbocycles. The maximum absolute atomic E-state index is 11.6. The lowest BCUT2D eigenvalue weighted by molar-refractivity contribution is -0.132. The molecule has 4 N–H and O–H groups in total. The molecular weight excluding hydrogens is 226 g/mol. The van der Waals surface area contributed by atoms with Gasteiger partial charge in [0.25, 0.3) is 0 Å². The Morgan fingerprint density at radius 3 is 2.75 bits per heavy atom. The Morgan fingerprint density at radius 1 is 1.56 bits per heavy atom. The second-order valence-electron chi connectivity index (χ2n) is 4.36. The second-order valence-corrected chi connectivity index (χ2v) is 5.39. The van der Waals surface area contributed by atoms with Crippen molar-refractivity contribution >= 4 is 23.6 Å². The Balaban J connectivity index is 2.35. The van der Waals surface area contributed by atoms with Gasteiger partial charge in [0.1, 0.15) is 0 Å². The SMILES string of the molecule is CC(C)C[C@H](N)C(=O)NC(=O)C1CSCN1. The highest BCUT2D eigenvalue weighted by molar-refractivity contribution is 7.99. The maximum atomic E-state index is 11.6. The van der Waals surface area contributed by atoms with Crippen molar-refractivity contribution in [3.8, 4) is 0 Å². The molecular formula is C10H19N3O2S. The Hall–Kier alpha value is -0.590. The summed E-state index contributed by atoms with van der Waals surface area (Å²) >= 11 is 1.64. The van der Waals surface area contributed by atoms with Crippen LogP contribution in [0.1, 0.15) is 20.3 Å². The van der Waals surface area contributed by atoms with Crippen LogP contribution in [-0.2, 0) is 9.59 Å². The predicted molar refractivity (Wildman–Crippen MR) is 64.8 cm³/mol. The Labute approximate surface area is 99.9 Å². The van der Waals surface area contributed by atoms with Crippen molar-refractivity contribution in [2.75, 3.05) is 11.6 Å². The standard InChI is InChI=1S/C10H19N3O2S/c1-6(2)3-7(11)9(14)13-10(15)8-4-16-5-12-8/h6-8,12H,3-5,11H2,1-2H3,(H,13,14,15)/t7-,8?/m0/s1. The number of hydrogen-bond acceptors (Lipinski definition) is 5. The summed E-state index contributed by atoms with van der Waals surface area (Å²) in [5, 5.41) is 5.35. The normalized spacial score (nSPS) is 22.1. The molecule has 0 radical (unpaired) electrons. The predicted octanol–water partition coefficient (Wildman–Crippen LogP) is -0.335. The molecule has 2 amide bonds. The van der Waals surface area contributed by atoms with Gasteiger partial charge >= 0.3 is 0 Å². The van der Waals surface area contributed by atoms with Crippen LogP contribution in [0.3, 0.4) is 0 Å². The largest absolute Gasteiger partial charge is 0.320 e. The van der Waals surface area contributed by atoms with Gasteiger partial charge in [-0.05, 0) is 12.3 Å². The van der Waals surface area contributed by atoms with Crippen molar-refractivity contribution in [3.63, 3.8) is 0 Å². The fraction of sp³-hybridized carbons (Fsp3) is 0.800. The Kier molecular flexibility index (Phi) is 5.24. The zero-order chi connectivity index (χ0) is 12.1. The Morgan fingerprint density at radius 2 is 2.25 bits per heavy atom. The highest BCUT2D eigenvalue weighted by atomic mass is 32.2. The van der Waals surface area contributed by atoms with Gasteiger partial charge in [0.15, 0.2) is 0 Å². The molecule has 16 heavy (non-hydrogen) atoms. The van der Waals surface area contributed by atoms with Crippen LogP contribution in [0.25, 0.3) is 0 Å². The first-order valence-electron chi connectivity index (χ1n) is 5.42. The van der Waals surface area contributed by atoms with E-state index in [1.54, 1.807) is 11.8 Å². The van der Waals surface area contributed by atoms with E-state index in [1.807, 2.05) is 13.8 Å². The van der Waals surface area contributed by atoms with E-state index >= 15 is 0 Å². The highest BCUT2D eigenvalue weighted by Gasteiger charge is 2.25. The third-order valence-corrected chi connectivity index (χ3v) is 3.28. The quantitative estimate of drug-likeness (QED) is 0.631. The summed E-state index contributed by atoms with van der Waals surface area (Å²) in [4.78, 5) is 23.1. The molecule has 1 fully saturated rings. The molecule has 5 nitrogen and oxygen atoms in total. The molecule has 0 bridgehead atoms. The third kappa shape index (κ3) is 4.11. The molecule has 0 spiro atoms. The van der Waals surface area contributed by atoms with Crippen LogP contribution in [0.2, 0.25) is 0 Å². The lowest BCUT2D eigenvalue weighted by atomic mass is 10.0. The highest BCUT2D eigenvalue weighted by Crippen LogP contribution is 2.09. The monoisotopic (exact) mass is 245 g/mol. The smallest absolute Gasteiger partial charge is 0.244 e. The number of hydrogen-bond donors (Lipinski definition) is 3. The number of nitrogens with two attached hydrogens (primary N) is 1. The molecule has 1 aliphatic heterocycles. The van der Waals surface area contributed by atoms with Crippen molar-refractivity contribution in [3.05, 3.63) is 0 Å². The summed E-state index contributed by atoms with van der Waals surface area (Å²) in [5.74, 6) is 1.16. The first-order chi connectivity index (χ1) is 7.50. The summed E-state index contributed by atoms with van der Waals surface area (Å²) in [6, 6.07) is -0.863. The van der Waals surface area contributed by atoms with Gasteiger partial charge in [-0.2, -0.15) is 0 Å². The lowest BCUT2D eigenvalue weighted by Gasteiger charge is -2.15. The maximum Gasteiger partial charge on any atom is 0.244 e. The van der Waals surface area contributed by atoms with Crippen LogP contribution >= 0.6 is 11.8 Å². The molecule has 6 heteroatoms. The van der Waals surface area contributed by atoms with Gasteiger partial charge in [-0.3, -0.25) is 20.2 Å². The van der Waals surface area contributed by atoms with E-state index in [1.165, 1.54) is 0 Å². The van der Waals surface area contributed by atoms with Crippen LogP contribution in [0.4, 0.5) is 0 Å². The van der Waals surface area contributed by atoms with Crippen LogP contribution in [0, 0.1) is 5.92 Å². The molecule has 0 aromatic rings. The first kappa shape index (κ1) is 13.5. The van der Waals surface area contributed by atoms with E-state index in [0.29, 0.717) is 18.1 Å². The van der Waals surface area contributed by atoms with Gasteiger partial charge < -0.3 is 5.73 Å². The van der Waals surface area contributed by atoms with Crippen LogP contribution in [0.15, 0.2) is 0 Å². The number of rotatable bonds is 4. The second kappa shape index (κ2) is 6.22. The number of imide groups is 1. The Bertz CT molecular complexity index is 265. The van der Waals surface area contributed by atoms with E-state index < -0.39 is 6.04 Å². The fourth-order valence-corrected chi connectivity index (χ4v) is 2.42. The van der Waals surface area contributed by atoms with Crippen molar-refractivity contribution in [1.82, 2.24) is 10.6 Å². The average molecular weight is 245 g/mol. The number of nitrogens with one attached hydrogen (secondary N) is 2. The molecule has 0 saturated carbocycles. The third-order valence-electron chi connectivity index (χ3n) is 2.34. The molecule has 0 aromatic heterocycles. The minimum atomic E-state index is -0.599. The van der Waals surface area contributed by atoms with Gasteiger partial charge in [-0.1, -0.05) is 13.8 Å². The minimum absolute atomic E-state index is 0.264. The van der Waals surface area contributed by atoms with Gasteiger partial charge in [0.05, 0.1) is 12.1 Å². The molecule has 1 saturated heterocycles. The van der Waals surface area contributed by atoms with E-state index in [9.17, 15) is 9.59 Å². The summed E-state index contributed by atoms with van der Waals surface area (Å²) in [6.45, 7) is 3.98. The summed E-state index contributed by atoms with van der Waals surface area (Å²) in [5.41, 5.74) is 5.68. The zero-order valence-corrected chi connectivity index (χ0v) is 10.5. The zero-order valence-electron chi connectivity index (χ0n) is 9.66. The van der Waals surface area contributed by atoms with E-state index in [4.69, 9.17) is 5.73 Å². The van der Waals surface area contributed by atoms with E-state index in [-0.39, 0.29) is 17.9 Å². The van der Waals surface area contributed by atoms with Crippen LogP contribution < -0.4 is 16.4 Å². The first-order valence-corrected chi connectivity index (χ1v) is 6.57. The number of amides is 2. The fourth-order valence-electron chi connectivity index (χ4n) is 1.48. The number of carbonyl (C=O) groups is 2. The van der Waals surface area contributed by atoms with E-state index in [2.05, 4.69) is 10.6 Å². The summed E-state index contributed by atoms with van der Waals surface area (Å²) in [7, 11) is 0. The van der Waals surface area contributed by atoms with Crippen molar-refractivity contribution in [2.45, 2.75) is 32.4 Å². The van der Waals surface area contributed by atoms with Crippen molar-refractivity contribution < 1.29 is 9.59 Å². The molecule has 0 aliphatic carbocycles. The summed E-state index contributed by atoms with van der Waals surface area (Å²) in [6.07, 6.45) is 0.589. The molecule has 92 valence electrons.